The lowest BCUT2D eigenvalue weighted by atomic mass is 9.98. The number of hydrogen-bond donors (Lipinski definition) is 1. The van der Waals surface area contributed by atoms with Crippen molar-refractivity contribution in [3.05, 3.63) is 24.3 Å². The monoisotopic (exact) mass is 306 g/mol. The molecule has 22 heavy (non-hydrogen) atoms. The maximum absolute atomic E-state index is 12.2. The fourth-order valence-corrected chi connectivity index (χ4v) is 2.62. The summed E-state index contributed by atoms with van der Waals surface area (Å²) in [4.78, 5) is 22.3. The van der Waals surface area contributed by atoms with E-state index in [1.165, 1.54) is 0 Å². The van der Waals surface area contributed by atoms with E-state index in [0.29, 0.717) is 19.1 Å². The highest BCUT2D eigenvalue weighted by molar-refractivity contribution is 5.68. The minimum Gasteiger partial charge on any atom is -0.444 e. The Morgan fingerprint density at radius 3 is 2.82 bits per heavy atom. The van der Waals surface area contributed by atoms with Crippen LogP contribution < -0.4 is 5.32 Å². The van der Waals surface area contributed by atoms with Gasteiger partial charge in [0.1, 0.15) is 5.60 Å². The third-order valence-electron chi connectivity index (χ3n) is 3.69. The Morgan fingerprint density at radius 1 is 1.45 bits per heavy atom. The van der Waals surface area contributed by atoms with Crippen LogP contribution in [0.15, 0.2) is 18.6 Å². The summed E-state index contributed by atoms with van der Waals surface area (Å²) in [6.07, 6.45) is 6.76. The standard InChI is InChI=1S/C16H26N4O2/c1-12-9-13(19-11-14-10-17-6-7-18-14)5-8-20(12)15(21)22-16(2,3)4/h6-7,10,12-13,19H,5,8-9,11H2,1-4H3. The van der Waals surface area contributed by atoms with Gasteiger partial charge in [-0.2, -0.15) is 0 Å². The van der Waals surface area contributed by atoms with Gasteiger partial charge in [0, 0.05) is 43.8 Å². The topological polar surface area (TPSA) is 67.4 Å². The molecule has 2 unspecified atom stereocenters. The van der Waals surface area contributed by atoms with E-state index in [9.17, 15) is 4.79 Å². The Hall–Kier alpha value is -1.69. The van der Waals surface area contributed by atoms with Crippen LogP contribution in [0.5, 0.6) is 0 Å². The van der Waals surface area contributed by atoms with Crippen LogP contribution in [0.1, 0.15) is 46.2 Å². The Labute approximate surface area is 132 Å². The third-order valence-corrected chi connectivity index (χ3v) is 3.69. The van der Waals surface area contributed by atoms with Gasteiger partial charge >= 0.3 is 6.09 Å². The van der Waals surface area contributed by atoms with Gasteiger partial charge in [0.15, 0.2) is 0 Å². The smallest absolute Gasteiger partial charge is 0.410 e. The van der Waals surface area contributed by atoms with Gasteiger partial charge < -0.3 is 15.0 Å². The van der Waals surface area contributed by atoms with E-state index in [2.05, 4.69) is 22.2 Å². The van der Waals surface area contributed by atoms with Gasteiger partial charge in [-0.3, -0.25) is 9.97 Å². The van der Waals surface area contributed by atoms with Gasteiger partial charge in [-0.1, -0.05) is 0 Å². The zero-order valence-corrected chi connectivity index (χ0v) is 13.9. The Kier molecular flexibility index (Phi) is 5.34. The average molecular weight is 306 g/mol. The lowest BCUT2D eigenvalue weighted by Crippen LogP contribution is -2.50. The van der Waals surface area contributed by atoms with Gasteiger partial charge in [-0.15, -0.1) is 0 Å². The molecule has 6 nitrogen and oxygen atoms in total. The van der Waals surface area contributed by atoms with E-state index in [1.807, 2.05) is 25.7 Å². The maximum atomic E-state index is 12.2. The molecule has 0 radical (unpaired) electrons. The summed E-state index contributed by atoms with van der Waals surface area (Å²) in [6, 6.07) is 0.554. The van der Waals surface area contributed by atoms with Crippen LogP contribution in [-0.4, -0.2) is 45.2 Å². The highest BCUT2D eigenvalue weighted by Gasteiger charge is 2.31. The molecule has 6 heteroatoms. The second-order valence-corrected chi connectivity index (χ2v) is 6.82. The summed E-state index contributed by atoms with van der Waals surface area (Å²) in [6.45, 7) is 9.17. The van der Waals surface area contributed by atoms with Crippen LogP contribution in [0.25, 0.3) is 0 Å². The Balaban J connectivity index is 1.81. The van der Waals surface area contributed by atoms with Crippen LogP contribution in [0.3, 0.4) is 0 Å². The highest BCUT2D eigenvalue weighted by atomic mass is 16.6. The fraction of sp³-hybridized carbons (Fsp3) is 0.688. The molecule has 0 saturated carbocycles. The predicted octanol–water partition coefficient (Wildman–Crippen LogP) is 2.35. The number of amides is 1. The van der Waals surface area contributed by atoms with Crippen molar-refractivity contribution in [1.29, 1.82) is 0 Å². The minimum atomic E-state index is -0.447. The first-order valence-corrected chi connectivity index (χ1v) is 7.83. The van der Waals surface area contributed by atoms with Crippen molar-refractivity contribution in [3.63, 3.8) is 0 Å². The number of nitrogens with one attached hydrogen (secondary N) is 1. The molecule has 1 aliphatic rings. The van der Waals surface area contributed by atoms with Gasteiger partial charge in [-0.05, 0) is 40.5 Å². The molecule has 1 fully saturated rings. The van der Waals surface area contributed by atoms with Crippen molar-refractivity contribution >= 4 is 6.09 Å². The summed E-state index contributed by atoms with van der Waals surface area (Å²) in [5.74, 6) is 0. The van der Waals surface area contributed by atoms with E-state index < -0.39 is 5.60 Å². The summed E-state index contributed by atoms with van der Waals surface area (Å²) in [5.41, 5.74) is 0.488. The molecule has 0 aliphatic carbocycles. The van der Waals surface area contributed by atoms with Crippen LogP contribution >= 0.6 is 0 Å². The largest absolute Gasteiger partial charge is 0.444 e. The molecule has 1 N–H and O–H groups in total. The first-order valence-electron chi connectivity index (χ1n) is 7.83. The van der Waals surface area contributed by atoms with E-state index in [0.717, 1.165) is 18.5 Å². The zero-order valence-electron chi connectivity index (χ0n) is 13.9. The maximum Gasteiger partial charge on any atom is 0.410 e. The Bertz CT molecular complexity index is 487. The van der Waals surface area contributed by atoms with Crippen LogP contribution in [0.2, 0.25) is 0 Å². The molecule has 1 saturated heterocycles. The van der Waals surface area contributed by atoms with Crippen LogP contribution in [0, 0.1) is 0 Å². The molecule has 2 rings (SSSR count). The number of carbonyl (C=O) groups is 1. The van der Waals surface area contributed by atoms with Crippen molar-refractivity contribution in [2.24, 2.45) is 0 Å². The number of aromatic nitrogens is 2. The van der Waals surface area contributed by atoms with Crippen molar-refractivity contribution < 1.29 is 9.53 Å². The molecule has 1 aromatic heterocycles. The molecule has 122 valence electrons. The first-order chi connectivity index (χ1) is 10.3. The van der Waals surface area contributed by atoms with E-state index in [4.69, 9.17) is 4.74 Å². The second kappa shape index (κ2) is 7.05. The molecule has 1 aromatic rings. The predicted molar refractivity (Wildman–Crippen MR) is 84.3 cm³/mol. The second-order valence-electron chi connectivity index (χ2n) is 6.82. The molecule has 2 heterocycles. The number of likely N-dealkylation sites (tertiary alicyclic amines) is 1. The Morgan fingerprint density at radius 2 is 2.23 bits per heavy atom. The summed E-state index contributed by atoms with van der Waals surface area (Å²) in [7, 11) is 0. The fourth-order valence-electron chi connectivity index (χ4n) is 2.62. The van der Waals surface area contributed by atoms with Crippen molar-refractivity contribution in [1.82, 2.24) is 20.2 Å². The summed E-state index contributed by atoms with van der Waals surface area (Å²) in [5, 5.41) is 3.49. The molecule has 1 aliphatic heterocycles. The van der Waals surface area contributed by atoms with E-state index in [1.54, 1.807) is 18.6 Å². The molecule has 1 amide bonds. The van der Waals surface area contributed by atoms with Crippen molar-refractivity contribution in [3.8, 4) is 0 Å². The quantitative estimate of drug-likeness (QED) is 0.928. The molecule has 0 spiro atoms. The summed E-state index contributed by atoms with van der Waals surface area (Å²) >= 11 is 0. The third kappa shape index (κ3) is 4.94. The van der Waals surface area contributed by atoms with Crippen LogP contribution in [0.4, 0.5) is 4.79 Å². The number of carbonyl (C=O) groups excluding carboxylic acids is 1. The zero-order chi connectivity index (χ0) is 16.2. The molecule has 2 atom stereocenters. The SMILES string of the molecule is CC1CC(NCc2cnccn2)CCN1C(=O)OC(C)(C)C. The number of ether oxygens (including phenoxy) is 1. The minimum absolute atomic E-state index is 0.169. The van der Waals surface area contributed by atoms with E-state index >= 15 is 0 Å². The normalized spacial score (nSPS) is 22.5. The number of piperidine rings is 1. The molecular weight excluding hydrogens is 280 g/mol. The van der Waals surface area contributed by atoms with Gasteiger partial charge in [0.25, 0.3) is 0 Å². The highest BCUT2D eigenvalue weighted by Crippen LogP contribution is 2.20. The summed E-state index contributed by atoms with van der Waals surface area (Å²) < 4.78 is 5.46. The number of hydrogen-bond acceptors (Lipinski definition) is 5. The molecule has 0 bridgehead atoms. The lowest BCUT2D eigenvalue weighted by molar-refractivity contribution is 0.00931. The van der Waals surface area contributed by atoms with E-state index in [-0.39, 0.29) is 12.1 Å². The van der Waals surface area contributed by atoms with Crippen LogP contribution in [-0.2, 0) is 11.3 Å². The van der Waals surface area contributed by atoms with Gasteiger partial charge in [0.2, 0.25) is 0 Å². The van der Waals surface area contributed by atoms with Crippen molar-refractivity contribution in [2.75, 3.05) is 6.54 Å². The number of rotatable bonds is 3. The number of nitrogens with zero attached hydrogens (tertiary/aromatic N) is 3. The van der Waals surface area contributed by atoms with Gasteiger partial charge in [-0.25, -0.2) is 4.79 Å². The average Bonchev–Trinajstić information content (AvgIpc) is 2.44. The first kappa shape index (κ1) is 16.7. The lowest BCUT2D eigenvalue weighted by Gasteiger charge is -2.38. The van der Waals surface area contributed by atoms with Crippen molar-refractivity contribution in [2.45, 2.75) is 64.8 Å². The van der Waals surface area contributed by atoms with Gasteiger partial charge in [0.05, 0.1) is 5.69 Å². The molecule has 0 aromatic carbocycles. The molecular formula is C16H26N4O2.